The van der Waals surface area contributed by atoms with E-state index in [0.717, 1.165) is 32.0 Å². The first-order chi connectivity index (χ1) is 15.4. The fourth-order valence-electron chi connectivity index (χ4n) is 3.67. The molecule has 0 spiro atoms. The largest absolute Gasteiger partial charge is 0.442 e. The average molecular weight is 462 g/mol. The smallest absolute Gasteiger partial charge is 0.433 e. The van der Waals surface area contributed by atoms with Crippen LogP contribution in [-0.2, 0) is 11.3 Å². The number of piperazine rings is 1. The maximum absolute atomic E-state index is 12.1. The van der Waals surface area contributed by atoms with Crippen LogP contribution in [0, 0.1) is 10.1 Å². The quantitative estimate of drug-likeness (QED) is 0.359. The summed E-state index contributed by atoms with van der Waals surface area (Å²) >= 11 is 3.63. The van der Waals surface area contributed by atoms with E-state index in [-0.39, 0.29) is 12.4 Å². The number of rotatable bonds is 7. The molecule has 170 valence electrons. The Balaban J connectivity index is 1.29. The number of furan rings is 1. The number of ether oxygens (including phenoxy) is 1. The van der Waals surface area contributed by atoms with E-state index in [2.05, 4.69) is 32.7 Å². The SMILES string of the molecule is O=C(S)NC[C@H]1CN(c2ccc(N3CCN(Cc4ccc([N+](=O)[O-])o4)CC3)nc2)C(=O)O1. The van der Waals surface area contributed by atoms with Crippen LogP contribution in [0.3, 0.4) is 0 Å². The van der Waals surface area contributed by atoms with Crippen molar-refractivity contribution in [2.45, 2.75) is 12.6 Å². The molecule has 4 rings (SSSR count). The molecule has 0 radical (unpaired) electrons. The number of cyclic esters (lactones) is 1. The molecule has 13 heteroatoms. The van der Waals surface area contributed by atoms with Gasteiger partial charge in [-0.2, -0.15) is 0 Å². The van der Waals surface area contributed by atoms with Crippen molar-refractivity contribution in [3.05, 3.63) is 46.3 Å². The van der Waals surface area contributed by atoms with Gasteiger partial charge in [0.25, 0.3) is 5.24 Å². The predicted octanol–water partition coefficient (Wildman–Crippen LogP) is 1.87. The molecule has 2 aliphatic heterocycles. The van der Waals surface area contributed by atoms with Crippen molar-refractivity contribution >= 4 is 41.4 Å². The van der Waals surface area contributed by atoms with Gasteiger partial charge in [-0.25, -0.2) is 9.78 Å². The summed E-state index contributed by atoms with van der Waals surface area (Å²) < 4.78 is 10.5. The first-order valence-corrected chi connectivity index (χ1v) is 10.4. The zero-order chi connectivity index (χ0) is 22.7. The standard InChI is InChI=1S/C19H22N6O6S/c26-18(32)21-10-15-12-24(19(27)31-15)13-1-3-16(20-9-13)23-7-5-22(6-8-23)11-14-2-4-17(30-14)25(28)29/h1-4,9,15H,5-8,10-12H2,(H2,21,26,32)/t15-/m0/s1. The summed E-state index contributed by atoms with van der Waals surface area (Å²) in [5.41, 5.74) is 0.622. The minimum Gasteiger partial charge on any atom is -0.442 e. The minimum atomic E-state index is -0.543. The molecule has 32 heavy (non-hydrogen) atoms. The molecule has 2 saturated heterocycles. The molecule has 2 aromatic rings. The van der Waals surface area contributed by atoms with E-state index in [1.807, 2.05) is 12.1 Å². The zero-order valence-electron chi connectivity index (χ0n) is 17.0. The number of nitrogens with zero attached hydrogens (tertiary/aromatic N) is 5. The minimum absolute atomic E-state index is 0.200. The molecule has 1 atom stereocenters. The third kappa shape index (κ3) is 5.11. The summed E-state index contributed by atoms with van der Waals surface area (Å²) in [6.07, 6.45) is 0.705. The number of carbonyl (C=O) groups is 2. The number of amides is 2. The maximum Gasteiger partial charge on any atom is 0.433 e. The summed E-state index contributed by atoms with van der Waals surface area (Å²) in [5, 5.41) is 12.8. The van der Waals surface area contributed by atoms with Gasteiger partial charge in [0.05, 0.1) is 37.6 Å². The highest BCUT2D eigenvalue weighted by Gasteiger charge is 2.32. The first kappa shape index (κ1) is 21.9. The molecule has 0 unspecified atom stereocenters. The van der Waals surface area contributed by atoms with Gasteiger partial charge in [-0.15, -0.1) is 0 Å². The maximum atomic E-state index is 12.1. The molecule has 4 heterocycles. The average Bonchev–Trinajstić information content (AvgIpc) is 3.40. The second-order valence-corrected chi connectivity index (χ2v) is 7.84. The monoisotopic (exact) mass is 462 g/mol. The van der Waals surface area contributed by atoms with Gasteiger partial charge in [0, 0.05) is 26.2 Å². The summed E-state index contributed by atoms with van der Waals surface area (Å²) in [6.45, 7) is 4.03. The highest BCUT2D eigenvalue weighted by atomic mass is 32.1. The summed E-state index contributed by atoms with van der Waals surface area (Å²) in [7, 11) is 0. The van der Waals surface area contributed by atoms with Crippen LogP contribution in [0.25, 0.3) is 0 Å². The number of hydrogen-bond acceptors (Lipinski definition) is 9. The fourth-order valence-corrected chi connectivity index (χ4v) is 3.76. The second-order valence-electron chi connectivity index (χ2n) is 7.44. The Morgan fingerprint density at radius 1 is 1.25 bits per heavy atom. The van der Waals surface area contributed by atoms with Crippen molar-refractivity contribution in [3.63, 3.8) is 0 Å². The molecule has 12 nitrogen and oxygen atoms in total. The van der Waals surface area contributed by atoms with Gasteiger partial charge in [0.15, 0.2) is 0 Å². The summed E-state index contributed by atoms with van der Waals surface area (Å²) in [5.74, 6) is 1.12. The molecule has 2 aromatic heterocycles. The van der Waals surface area contributed by atoms with Crippen LogP contribution in [0.5, 0.6) is 0 Å². The molecule has 2 fully saturated rings. The highest BCUT2D eigenvalue weighted by Crippen LogP contribution is 2.24. The second kappa shape index (κ2) is 9.44. The zero-order valence-corrected chi connectivity index (χ0v) is 17.9. The van der Waals surface area contributed by atoms with Gasteiger partial charge in [-0.1, -0.05) is 12.6 Å². The Bertz CT molecular complexity index is 990. The van der Waals surface area contributed by atoms with Crippen LogP contribution >= 0.6 is 12.6 Å². The number of pyridine rings is 1. The van der Waals surface area contributed by atoms with Crippen LogP contribution in [0.1, 0.15) is 5.76 Å². The summed E-state index contributed by atoms with van der Waals surface area (Å²) in [6, 6.07) is 6.67. The van der Waals surface area contributed by atoms with Crippen molar-refractivity contribution in [3.8, 4) is 0 Å². The third-order valence-corrected chi connectivity index (χ3v) is 5.46. The Morgan fingerprint density at radius 3 is 2.66 bits per heavy atom. The number of anilines is 2. The van der Waals surface area contributed by atoms with Crippen molar-refractivity contribution in [1.82, 2.24) is 15.2 Å². The fraction of sp³-hybridized carbons (Fsp3) is 0.421. The van der Waals surface area contributed by atoms with Gasteiger partial charge in [-0.3, -0.25) is 24.7 Å². The van der Waals surface area contributed by atoms with Gasteiger partial charge < -0.3 is 19.4 Å². The van der Waals surface area contributed by atoms with Crippen LogP contribution in [0.15, 0.2) is 34.9 Å². The number of thiol groups is 1. The van der Waals surface area contributed by atoms with E-state index in [4.69, 9.17) is 9.15 Å². The third-order valence-electron chi connectivity index (χ3n) is 5.30. The molecule has 0 aliphatic carbocycles. The first-order valence-electron chi connectivity index (χ1n) is 10.0. The van der Waals surface area contributed by atoms with Crippen molar-refractivity contribution in [2.75, 3.05) is 49.1 Å². The lowest BCUT2D eigenvalue weighted by atomic mass is 10.2. The highest BCUT2D eigenvalue weighted by molar-refractivity contribution is 7.96. The lowest BCUT2D eigenvalue weighted by Gasteiger charge is -2.35. The van der Waals surface area contributed by atoms with Crippen molar-refractivity contribution in [1.29, 1.82) is 0 Å². The van der Waals surface area contributed by atoms with Crippen LogP contribution < -0.4 is 15.1 Å². The topological polar surface area (TPSA) is 134 Å². The van der Waals surface area contributed by atoms with Gasteiger partial charge in [0.2, 0.25) is 0 Å². The molecule has 2 aliphatic rings. The number of carbonyl (C=O) groups excluding carboxylic acids is 2. The van der Waals surface area contributed by atoms with E-state index < -0.39 is 22.4 Å². The lowest BCUT2D eigenvalue weighted by Crippen LogP contribution is -2.46. The van der Waals surface area contributed by atoms with Crippen LogP contribution in [0.4, 0.5) is 27.0 Å². The molecule has 0 aromatic carbocycles. The number of hydrogen-bond donors (Lipinski definition) is 2. The number of nitro groups is 1. The van der Waals surface area contributed by atoms with Gasteiger partial charge in [0.1, 0.15) is 22.6 Å². The molecular weight excluding hydrogens is 440 g/mol. The number of nitrogens with one attached hydrogen (secondary N) is 1. The van der Waals surface area contributed by atoms with Crippen molar-refractivity contribution in [2.24, 2.45) is 0 Å². The lowest BCUT2D eigenvalue weighted by molar-refractivity contribution is -0.402. The predicted molar refractivity (Wildman–Crippen MR) is 117 cm³/mol. The van der Waals surface area contributed by atoms with Gasteiger partial charge >= 0.3 is 12.0 Å². The van der Waals surface area contributed by atoms with E-state index in [9.17, 15) is 19.7 Å². The van der Waals surface area contributed by atoms with E-state index in [0.29, 0.717) is 24.5 Å². The Labute approximate surface area is 188 Å². The molecular formula is C19H22N6O6S. The molecule has 2 amide bonds. The summed E-state index contributed by atoms with van der Waals surface area (Å²) in [4.78, 5) is 43.5. The van der Waals surface area contributed by atoms with Crippen LogP contribution in [-0.4, -0.2) is 71.5 Å². The van der Waals surface area contributed by atoms with Crippen molar-refractivity contribution < 1.29 is 23.7 Å². The van der Waals surface area contributed by atoms with E-state index >= 15 is 0 Å². The van der Waals surface area contributed by atoms with E-state index in [1.165, 1.54) is 11.0 Å². The number of aromatic nitrogens is 1. The Kier molecular flexibility index (Phi) is 6.46. The van der Waals surface area contributed by atoms with Gasteiger partial charge in [-0.05, 0) is 18.2 Å². The van der Waals surface area contributed by atoms with Crippen LogP contribution in [0.2, 0.25) is 0 Å². The molecule has 0 saturated carbocycles. The molecule has 0 bridgehead atoms. The Morgan fingerprint density at radius 2 is 2.03 bits per heavy atom. The normalized spacial score (nSPS) is 19.2. The molecule has 1 N–H and O–H groups in total. The van der Waals surface area contributed by atoms with E-state index in [1.54, 1.807) is 12.3 Å². The Hall–Kier alpha value is -3.32.